The number of hydrogen-bond acceptors (Lipinski definition) is 1. The zero-order chi connectivity index (χ0) is 29.3. The number of rotatable bonds is 4. The second-order valence-electron chi connectivity index (χ2n) is 12.0. The molecule has 0 unspecified atom stereocenters. The summed E-state index contributed by atoms with van der Waals surface area (Å²) in [5, 5.41) is 7.31. The highest BCUT2D eigenvalue weighted by Crippen LogP contribution is 2.51. The van der Waals surface area contributed by atoms with Crippen molar-refractivity contribution in [2.45, 2.75) is 26.2 Å². The summed E-state index contributed by atoms with van der Waals surface area (Å²) < 4.78 is 6.32. The molecule has 1 nitrogen and oxygen atoms in total. The average molecular weight is 553 g/mol. The van der Waals surface area contributed by atoms with Crippen molar-refractivity contribution in [3.05, 3.63) is 151 Å². The summed E-state index contributed by atoms with van der Waals surface area (Å²) in [5.41, 5.74) is 11.9. The average Bonchev–Trinajstić information content (AvgIpc) is 3.51. The van der Waals surface area contributed by atoms with Crippen LogP contribution in [-0.2, 0) is 5.41 Å². The SMILES string of the molecule is C=CC1=C(/C=C\C)c2ccc(-c3c4ccccc4c(-c4cccc5oc6ccccc6c45)c4ccccc34)cc2C1(C)C. The Bertz CT molecular complexity index is 2280. The minimum atomic E-state index is -0.133. The number of benzene rings is 6. The molecule has 0 N–H and O–H groups in total. The first kappa shape index (κ1) is 25.6. The lowest BCUT2D eigenvalue weighted by molar-refractivity contribution is 0.655. The van der Waals surface area contributed by atoms with Crippen LogP contribution < -0.4 is 0 Å². The van der Waals surface area contributed by atoms with E-state index in [1.54, 1.807) is 0 Å². The Balaban J connectivity index is 1.47. The fraction of sp³-hybridized carbons (Fsp3) is 0.0952. The predicted octanol–water partition coefficient (Wildman–Crippen LogP) is 12.0. The number of hydrogen-bond donors (Lipinski definition) is 0. The van der Waals surface area contributed by atoms with Gasteiger partial charge in [0.2, 0.25) is 0 Å². The summed E-state index contributed by atoms with van der Waals surface area (Å²) in [7, 11) is 0. The van der Waals surface area contributed by atoms with Gasteiger partial charge in [-0.15, -0.1) is 0 Å². The lowest BCUT2D eigenvalue weighted by atomic mass is 9.79. The van der Waals surface area contributed by atoms with Crippen molar-refractivity contribution in [3.8, 4) is 22.3 Å². The molecule has 0 spiro atoms. The van der Waals surface area contributed by atoms with E-state index in [9.17, 15) is 0 Å². The molecule has 0 saturated heterocycles. The molecular weight excluding hydrogens is 520 g/mol. The van der Waals surface area contributed by atoms with Gasteiger partial charge in [-0.05, 0) is 91.2 Å². The topological polar surface area (TPSA) is 13.1 Å². The molecule has 6 aromatic carbocycles. The Hall–Kier alpha value is -5.14. The van der Waals surface area contributed by atoms with E-state index in [0.717, 1.165) is 16.6 Å². The minimum absolute atomic E-state index is 0.133. The first-order chi connectivity index (χ1) is 21.0. The van der Waals surface area contributed by atoms with E-state index in [-0.39, 0.29) is 5.41 Å². The van der Waals surface area contributed by atoms with Crippen molar-refractivity contribution in [2.75, 3.05) is 0 Å². The zero-order valence-electron chi connectivity index (χ0n) is 24.7. The third-order valence-corrected chi connectivity index (χ3v) is 9.38. The molecule has 0 atom stereocenters. The van der Waals surface area contributed by atoms with Crippen LogP contribution in [0.3, 0.4) is 0 Å². The normalized spacial score (nSPS) is 14.5. The molecule has 0 aliphatic heterocycles. The number of para-hydroxylation sites is 1. The van der Waals surface area contributed by atoms with E-state index in [2.05, 4.69) is 143 Å². The molecule has 0 saturated carbocycles. The first-order valence-corrected chi connectivity index (χ1v) is 15.0. The van der Waals surface area contributed by atoms with Gasteiger partial charge in [0, 0.05) is 16.2 Å². The summed E-state index contributed by atoms with van der Waals surface area (Å²) in [6.45, 7) is 10.9. The first-order valence-electron chi connectivity index (χ1n) is 15.0. The van der Waals surface area contributed by atoms with Gasteiger partial charge in [0.25, 0.3) is 0 Å². The predicted molar refractivity (Wildman–Crippen MR) is 185 cm³/mol. The lowest BCUT2D eigenvalue weighted by Gasteiger charge is -2.24. The maximum Gasteiger partial charge on any atom is 0.136 e. The summed E-state index contributed by atoms with van der Waals surface area (Å²) in [5.74, 6) is 0. The monoisotopic (exact) mass is 552 g/mol. The maximum atomic E-state index is 6.32. The fourth-order valence-electron chi connectivity index (χ4n) is 7.50. The Morgan fingerprint density at radius 3 is 1.88 bits per heavy atom. The molecule has 1 aliphatic rings. The molecule has 1 heterocycles. The number of furan rings is 1. The molecule has 0 bridgehead atoms. The Labute approximate surface area is 252 Å². The van der Waals surface area contributed by atoms with Gasteiger partial charge in [-0.3, -0.25) is 0 Å². The third kappa shape index (κ3) is 3.58. The van der Waals surface area contributed by atoms with Gasteiger partial charge < -0.3 is 4.42 Å². The van der Waals surface area contributed by atoms with Crippen LogP contribution in [0.25, 0.3) is 71.3 Å². The van der Waals surface area contributed by atoms with Gasteiger partial charge in [0.1, 0.15) is 11.2 Å². The van der Waals surface area contributed by atoms with Crippen molar-refractivity contribution in [1.82, 2.24) is 0 Å². The van der Waals surface area contributed by atoms with Crippen molar-refractivity contribution < 1.29 is 4.42 Å². The van der Waals surface area contributed by atoms with Crippen LogP contribution in [0.5, 0.6) is 0 Å². The molecule has 8 rings (SSSR count). The summed E-state index contributed by atoms with van der Waals surface area (Å²) >= 11 is 0. The highest BCUT2D eigenvalue weighted by Gasteiger charge is 2.35. The number of fused-ring (bicyclic) bond motifs is 6. The second kappa shape index (κ2) is 9.44. The Kier molecular flexibility index (Phi) is 5.61. The van der Waals surface area contributed by atoms with Crippen LogP contribution in [-0.4, -0.2) is 0 Å². The van der Waals surface area contributed by atoms with Gasteiger partial charge in [0.05, 0.1) is 0 Å². The van der Waals surface area contributed by atoms with Crippen molar-refractivity contribution in [3.63, 3.8) is 0 Å². The molecule has 1 heteroatoms. The summed E-state index contributed by atoms with van der Waals surface area (Å²) in [6.07, 6.45) is 6.39. The quantitative estimate of drug-likeness (QED) is 0.198. The molecule has 0 fully saturated rings. The van der Waals surface area contributed by atoms with E-state index in [4.69, 9.17) is 4.42 Å². The lowest BCUT2D eigenvalue weighted by Crippen LogP contribution is -2.16. The van der Waals surface area contributed by atoms with Crippen LogP contribution in [0.4, 0.5) is 0 Å². The highest BCUT2D eigenvalue weighted by atomic mass is 16.3. The molecule has 0 radical (unpaired) electrons. The molecule has 206 valence electrons. The van der Waals surface area contributed by atoms with E-state index in [1.807, 2.05) is 12.1 Å². The molecular formula is C42H32O. The van der Waals surface area contributed by atoms with Crippen LogP contribution in [0.2, 0.25) is 0 Å². The summed E-state index contributed by atoms with van der Waals surface area (Å²) in [6, 6.07) is 39.6. The van der Waals surface area contributed by atoms with Gasteiger partial charge in [-0.2, -0.15) is 0 Å². The zero-order valence-corrected chi connectivity index (χ0v) is 24.7. The van der Waals surface area contributed by atoms with Crippen molar-refractivity contribution in [2.24, 2.45) is 0 Å². The second-order valence-corrected chi connectivity index (χ2v) is 12.0. The molecule has 1 aromatic heterocycles. The third-order valence-electron chi connectivity index (χ3n) is 9.38. The van der Waals surface area contributed by atoms with Gasteiger partial charge in [-0.25, -0.2) is 0 Å². The highest BCUT2D eigenvalue weighted by molar-refractivity contribution is 6.25. The molecule has 43 heavy (non-hydrogen) atoms. The molecule has 7 aromatic rings. The van der Waals surface area contributed by atoms with Crippen LogP contribution in [0.1, 0.15) is 31.9 Å². The van der Waals surface area contributed by atoms with Gasteiger partial charge >= 0.3 is 0 Å². The van der Waals surface area contributed by atoms with E-state index < -0.39 is 0 Å². The van der Waals surface area contributed by atoms with Crippen molar-refractivity contribution in [1.29, 1.82) is 0 Å². The van der Waals surface area contributed by atoms with E-state index >= 15 is 0 Å². The standard InChI is InChI=1S/C42H32O/c1-5-14-27-28-24-23-26(25-36(28)42(3,4)35(27)6-2)39-29-15-7-9-17-31(29)40(32-18-10-8-16-30(32)39)34-20-13-22-38-41(34)33-19-11-12-21-37(33)43-38/h5-25H,2H2,1,3-4H3/b14-5-. The van der Waals surface area contributed by atoms with E-state index in [1.165, 1.54) is 71.5 Å². The maximum absolute atomic E-state index is 6.32. The van der Waals surface area contributed by atoms with Crippen LogP contribution in [0, 0.1) is 0 Å². The van der Waals surface area contributed by atoms with E-state index in [0.29, 0.717) is 0 Å². The van der Waals surface area contributed by atoms with Crippen LogP contribution in [0.15, 0.2) is 144 Å². The minimum Gasteiger partial charge on any atom is -0.456 e. The molecule has 1 aliphatic carbocycles. The van der Waals surface area contributed by atoms with Crippen molar-refractivity contribution >= 4 is 49.1 Å². The van der Waals surface area contributed by atoms with Crippen LogP contribution >= 0.6 is 0 Å². The Morgan fingerprint density at radius 1 is 0.628 bits per heavy atom. The van der Waals surface area contributed by atoms with Gasteiger partial charge in [-0.1, -0.05) is 130 Å². The fourth-order valence-corrected chi connectivity index (χ4v) is 7.50. The number of allylic oxidation sites excluding steroid dienone is 5. The molecule has 0 amide bonds. The summed E-state index contributed by atoms with van der Waals surface area (Å²) in [4.78, 5) is 0. The van der Waals surface area contributed by atoms with Gasteiger partial charge in [0.15, 0.2) is 0 Å². The largest absolute Gasteiger partial charge is 0.456 e. The smallest absolute Gasteiger partial charge is 0.136 e. The Morgan fingerprint density at radius 2 is 1.23 bits per heavy atom.